The first-order chi connectivity index (χ1) is 12.7. The average molecular weight is 358 g/mol. The van der Waals surface area contributed by atoms with E-state index in [9.17, 15) is 4.79 Å². The molecule has 0 saturated carbocycles. The Morgan fingerprint density at radius 2 is 2.04 bits per heavy atom. The van der Waals surface area contributed by atoms with Crippen molar-refractivity contribution in [3.05, 3.63) is 24.4 Å². The maximum Gasteiger partial charge on any atom is 0.240 e. The molecule has 1 amide bonds. The maximum atomic E-state index is 12.2. The fourth-order valence-electron chi connectivity index (χ4n) is 3.06. The van der Waals surface area contributed by atoms with E-state index in [1.807, 2.05) is 0 Å². The Labute approximate surface area is 153 Å². The fraction of sp³-hybridized carbons (Fsp3) is 0.611. The molecule has 0 unspecified atom stereocenters. The summed E-state index contributed by atoms with van der Waals surface area (Å²) in [7, 11) is 0. The summed E-state index contributed by atoms with van der Waals surface area (Å²) in [5.74, 6) is 1.23. The SMILES string of the molecule is CCCCN1CCC(NC(=O)CCc2nc(-c3ncccn3)no2)CC1. The molecule has 1 N–H and O–H groups in total. The minimum atomic E-state index is 0.0349. The molecule has 26 heavy (non-hydrogen) atoms. The van der Waals surface area contributed by atoms with Gasteiger partial charge < -0.3 is 14.7 Å². The first-order valence-electron chi connectivity index (χ1n) is 9.36. The summed E-state index contributed by atoms with van der Waals surface area (Å²) in [5, 5.41) is 6.99. The normalized spacial score (nSPS) is 15.9. The van der Waals surface area contributed by atoms with E-state index in [-0.39, 0.29) is 11.9 Å². The molecule has 0 bridgehead atoms. The number of aromatic nitrogens is 4. The number of amides is 1. The summed E-state index contributed by atoms with van der Waals surface area (Å²) in [6.07, 6.45) is 8.52. The van der Waals surface area contributed by atoms with Gasteiger partial charge in [-0.15, -0.1) is 0 Å². The van der Waals surface area contributed by atoms with Crippen molar-refractivity contribution in [2.75, 3.05) is 19.6 Å². The first kappa shape index (κ1) is 18.4. The van der Waals surface area contributed by atoms with Gasteiger partial charge in [0.25, 0.3) is 0 Å². The molecule has 8 nitrogen and oxygen atoms in total. The number of aryl methyl sites for hydroxylation is 1. The van der Waals surface area contributed by atoms with Crippen molar-refractivity contribution in [2.24, 2.45) is 0 Å². The van der Waals surface area contributed by atoms with Gasteiger partial charge in [0.2, 0.25) is 23.4 Å². The highest BCUT2D eigenvalue weighted by Gasteiger charge is 2.20. The van der Waals surface area contributed by atoms with Crippen LogP contribution in [0.2, 0.25) is 0 Å². The number of rotatable bonds is 8. The molecule has 3 heterocycles. The first-order valence-corrected chi connectivity index (χ1v) is 9.36. The predicted molar refractivity (Wildman–Crippen MR) is 96.2 cm³/mol. The largest absolute Gasteiger partial charge is 0.353 e. The van der Waals surface area contributed by atoms with Crippen LogP contribution in [0.4, 0.5) is 0 Å². The number of hydrogen-bond donors (Lipinski definition) is 1. The summed E-state index contributed by atoms with van der Waals surface area (Å²) >= 11 is 0. The Morgan fingerprint density at radius 1 is 1.27 bits per heavy atom. The van der Waals surface area contributed by atoms with Crippen molar-refractivity contribution in [1.82, 2.24) is 30.3 Å². The lowest BCUT2D eigenvalue weighted by Gasteiger charge is -2.32. The number of unbranched alkanes of at least 4 members (excludes halogenated alkanes) is 1. The van der Waals surface area contributed by atoms with Gasteiger partial charge in [-0.1, -0.05) is 18.5 Å². The predicted octanol–water partition coefficient (Wildman–Crippen LogP) is 1.84. The molecule has 1 saturated heterocycles. The molecule has 0 atom stereocenters. The van der Waals surface area contributed by atoms with Crippen LogP contribution in [0.5, 0.6) is 0 Å². The minimum absolute atomic E-state index is 0.0349. The highest BCUT2D eigenvalue weighted by molar-refractivity contribution is 5.76. The van der Waals surface area contributed by atoms with Crippen molar-refractivity contribution in [1.29, 1.82) is 0 Å². The third-order valence-electron chi connectivity index (χ3n) is 4.58. The lowest BCUT2D eigenvalue weighted by molar-refractivity contribution is -0.122. The molecule has 2 aromatic heterocycles. The van der Waals surface area contributed by atoms with Gasteiger partial charge in [0.15, 0.2) is 0 Å². The molecule has 0 radical (unpaired) electrons. The van der Waals surface area contributed by atoms with E-state index >= 15 is 0 Å². The number of nitrogens with zero attached hydrogens (tertiary/aromatic N) is 5. The van der Waals surface area contributed by atoms with E-state index < -0.39 is 0 Å². The molecule has 0 aliphatic carbocycles. The molecule has 1 aliphatic rings. The number of hydrogen-bond acceptors (Lipinski definition) is 7. The molecular weight excluding hydrogens is 332 g/mol. The summed E-state index contributed by atoms with van der Waals surface area (Å²) in [6.45, 7) is 5.51. The molecule has 140 valence electrons. The third-order valence-corrected chi connectivity index (χ3v) is 4.58. The van der Waals surface area contributed by atoms with E-state index in [2.05, 4.69) is 37.2 Å². The van der Waals surface area contributed by atoms with Gasteiger partial charge in [-0.2, -0.15) is 4.98 Å². The van der Waals surface area contributed by atoms with Gasteiger partial charge in [0, 0.05) is 44.4 Å². The third kappa shape index (κ3) is 5.32. The highest BCUT2D eigenvalue weighted by Crippen LogP contribution is 2.13. The van der Waals surface area contributed by atoms with Crippen molar-refractivity contribution < 1.29 is 9.32 Å². The lowest BCUT2D eigenvalue weighted by Crippen LogP contribution is -2.44. The second kappa shape index (κ2) is 9.38. The molecule has 1 fully saturated rings. The van der Waals surface area contributed by atoms with Crippen LogP contribution in [0.25, 0.3) is 11.6 Å². The zero-order valence-electron chi connectivity index (χ0n) is 15.2. The highest BCUT2D eigenvalue weighted by atomic mass is 16.5. The van der Waals surface area contributed by atoms with Gasteiger partial charge >= 0.3 is 0 Å². The van der Waals surface area contributed by atoms with Crippen molar-refractivity contribution >= 4 is 5.91 Å². The van der Waals surface area contributed by atoms with Crippen LogP contribution in [0.15, 0.2) is 23.0 Å². The van der Waals surface area contributed by atoms with Crippen LogP contribution in [-0.2, 0) is 11.2 Å². The Hall–Kier alpha value is -2.35. The molecule has 2 aromatic rings. The molecule has 0 aromatic carbocycles. The van der Waals surface area contributed by atoms with Crippen LogP contribution in [0.3, 0.4) is 0 Å². The number of piperidine rings is 1. The van der Waals surface area contributed by atoms with Crippen LogP contribution >= 0.6 is 0 Å². The summed E-state index contributed by atoms with van der Waals surface area (Å²) < 4.78 is 5.18. The maximum absolute atomic E-state index is 12.2. The smallest absolute Gasteiger partial charge is 0.240 e. The molecule has 8 heteroatoms. The molecule has 3 rings (SSSR count). The van der Waals surface area contributed by atoms with Gasteiger partial charge in [-0.25, -0.2) is 9.97 Å². The van der Waals surface area contributed by atoms with Crippen molar-refractivity contribution in [3.63, 3.8) is 0 Å². The Morgan fingerprint density at radius 3 is 2.77 bits per heavy atom. The Kier molecular flexibility index (Phi) is 6.65. The number of carbonyl (C=O) groups is 1. The van der Waals surface area contributed by atoms with Crippen molar-refractivity contribution in [2.45, 2.75) is 51.5 Å². The van der Waals surface area contributed by atoms with E-state index in [0.717, 1.165) is 25.9 Å². The standard InChI is InChI=1S/C18H26N6O2/c1-2-3-11-24-12-7-14(8-13-24)21-15(25)5-6-16-22-18(23-26-16)17-19-9-4-10-20-17/h4,9-10,14H,2-3,5-8,11-13H2,1H3,(H,21,25). The van der Waals surface area contributed by atoms with Crippen LogP contribution in [-0.4, -0.2) is 56.6 Å². The van der Waals surface area contributed by atoms with Crippen LogP contribution in [0, 0.1) is 0 Å². The lowest BCUT2D eigenvalue weighted by atomic mass is 10.0. The second-order valence-corrected chi connectivity index (χ2v) is 6.62. The molecule has 1 aliphatic heterocycles. The Balaban J connectivity index is 1.39. The summed E-state index contributed by atoms with van der Waals surface area (Å²) in [5.41, 5.74) is 0. The topological polar surface area (TPSA) is 97.0 Å². The van der Waals surface area contributed by atoms with Gasteiger partial charge in [-0.05, 0) is 31.9 Å². The number of nitrogens with one attached hydrogen (secondary N) is 1. The molecular formula is C18H26N6O2. The van der Waals surface area contributed by atoms with Crippen molar-refractivity contribution in [3.8, 4) is 11.6 Å². The van der Waals surface area contributed by atoms with E-state index in [0.29, 0.717) is 30.4 Å². The zero-order chi connectivity index (χ0) is 18.2. The zero-order valence-corrected chi connectivity index (χ0v) is 15.2. The van der Waals surface area contributed by atoms with E-state index in [1.165, 1.54) is 19.4 Å². The number of likely N-dealkylation sites (tertiary alicyclic amines) is 1. The average Bonchev–Trinajstić information content (AvgIpc) is 3.16. The fourth-order valence-corrected chi connectivity index (χ4v) is 3.06. The molecule has 0 spiro atoms. The summed E-state index contributed by atoms with van der Waals surface area (Å²) in [6, 6.07) is 2.00. The van der Waals surface area contributed by atoms with E-state index in [1.54, 1.807) is 18.5 Å². The minimum Gasteiger partial charge on any atom is -0.353 e. The quantitative estimate of drug-likeness (QED) is 0.769. The van der Waals surface area contributed by atoms with E-state index in [4.69, 9.17) is 4.52 Å². The van der Waals surface area contributed by atoms with Crippen LogP contribution < -0.4 is 5.32 Å². The summed E-state index contributed by atoms with van der Waals surface area (Å²) in [4.78, 5) is 27.1. The van der Waals surface area contributed by atoms with Crippen LogP contribution in [0.1, 0.15) is 44.9 Å². The van der Waals surface area contributed by atoms with Gasteiger partial charge in [-0.3, -0.25) is 4.79 Å². The monoisotopic (exact) mass is 358 g/mol. The second-order valence-electron chi connectivity index (χ2n) is 6.62. The Bertz CT molecular complexity index is 682. The van der Waals surface area contributed by atoms with Gasteiger partial charge in [0.05, 0.1) is 0 Å². The number of carbonyl (C=O) groups excluding carboxylic acids is 1. The van der Waals surface area contributed by atoms with Gasteiger partial charge in [0.1, 0.15) is 0 Å².